The lowest BCUT2D eigenvalue weighted by Crippen LogP contribution is -2.14. The van der Waals surface area contributed by atoms with E-state index in [1.807, 2.05) is 25.0 Å². The molecule has 2 rings (SSSR count). The van der Waals surface area contributed by atoms with E-state index in [0.29, 0.717) is 0 Å². The van der Waals surface area contributed by atoms with E-state index in [0.717, 1.165) is 22.8 Å². The molecule has 5 heteroatoms. The van der Waals surface area contributed by atoms with Crippen LogP contribution in [0.5, 0.6) is 0 Å². The van der Waals surface area contributed by atoms with Crippen LogP contribution in [0.25, 0.3) is 11.3 Å². The third kappa shape index (κ3) is 2.20. The number of hydrogen-bond donors (Lipinski definition) is 1. The summed E-state index contributed by atoms with van der Waals surface area (Å²) in [4.78, 5) is 8.72. The summed E-state index contributed by atoms with van der Waals surface area (Å²) < 4.78 is 1.82. The predicted molar refractivity (Wildman–Crippen MR) is 72.5 cm³/mol. The number of aryl methyl sites for hydroxylation is 1. The average molecular weight is 245 g/mol. The van der Waals surface area contributed by atoms with Gasteiger partial charge in [-0.1, -0.05) is 20.8 Å². The van der Waals surface area contributed by atoms with Gasteiger partial charge in [-0.25, -0.2) is 4.98 Å². The molecule has 0 radical (unpaired) electrons. The molecule has 0 aliphatic rings. The summed E-state index contributed by atoms with van der Waals surface area (Å²) in [5, 5.41) is 7.63. The first-order valence-corrected chi connectivity index (χ1v) is 5.96. The molecule has 1 N–H and O–H groups in total. The van der Waals surface area contributed by atoms with Crippen molar-refractivity contribution in [3.05, 3.63) is 24.3 Å². The lowest BCUT2D eigenvalue weighted by Gasteiger charge is -2.17. The van der Waals surface area contributed by atoms with Crippen molar-refractivity contribution in [1.82, 2.24) is 19.7 Å². The molecule has 2 heterocycles. The van der Waals surface area contributed by atoms with Gasteiger partial charge in [0.1, 0.15) is 5.69 Å². The number of rotatable bonds is 2. The maximum absolute atomic E-state index is 4.55. The maximum Gasteiger partial charge on any atom is 0.152 e. The highest BCUT2D eigenvalue weighted by Crippen LogP contribution is 2.33. The third-order valence-corrected chi connectivity index (χ3v) is 2.73. The molecular weight excluding hydrogens is 226 g/mol. The second kappa shape index (κ2) is 4.40. The van der Waals surface area contributed by atoms with Crippen molar-refractivity contribution in [2.75, 3.05) is 12.4 Å². The minimum absolute atomic E-state index is 0.0286. The van der Waals surface area contributed by atoms with E-state index in [1.165, 1.54) is 0 Å². The van der Waals surface area contributed by atoms with E-state index in [2.05, 4.69) is 41.2 Å². The van der Waals surface area contributed by atoms with Crippen LogP contribution >= 0.6 is 0 Å². The monoisotopic (exact) mass is 245 g/mol. The molecule has 0 aliphatic heterocycles. The van der Waals surface area contributed by atoms with Gasteiger partial charge in [0.2, 0.25) is 0 Å². The molecule has 0 aliphatic carbocycles. The molecule has 0 aromatic carbocycles. The third-order valence-electron chi connectivity index (χ3n) is 2.73. The zero-order chi connectivity index (χ0) is 13.3. The fraction of sp³-hybridized carbons (Fsp3) is 0.462. The van der Waals surface area contributed by atoms with Gasteiger partial charge in [0.25, 0.3) is 0 Å². The first kappa shape index (κ1) is 12.5. The Kier molecular flexibility index (Phi) is 3.07. The van der Waals surface area contributed by atoms with Gasteiger partial charge in [-0.05, 0) is 0 Å². The van der Waals surface area contributed by atoms with Gasteiger partial charge in [0, 0.05) is 43.7 Å². The SMILES string of the molecule is CNc1nccnc1-c1cn(C)nc1C(C)(C)C. The van der Waals surface area contributed by atoms with Crippen molar-refractivity contribution in [2.45, 2.75) is 26.2 Å². The minimum Gasteiger partial charge on any atom is -0.371 e. The van der Waals surface area contributed by atoms with Gasteiger partial charge >= 0.3 is 0 Å². The fourth-order valence-corrected chi connectivity index (χ4v) is 1.93. The zero-order valence-corrected chi connectivity index (χ0v) is 11.5. The van der Waals surface area contributed by atoms with Crippen LogP contribution in [-0.2, 0) is 12.5 Å². The van der Waals surface area contributed by atoms with E-state index in [9.17, 15) is 0 Å². The highest BCUT2D eigenvalue weighted by Gasteiger charge is 2.24. The van der Waals surface area contributed by atoms with Gasteiger partial charge in [-0.15, -0.1) is 0 Å². The molecule has 18 heavy (non-hydrogen) atoms. The van der Waals surface area contributed by atoms with Crippen LogP contribution in [0.15, 0.2) is 18.6 Å². The van der Waals surface area contributed by atoms with Crippen LogP contribution in [0.4, 0.5) is 5.82 Å². The van der Waals surface area contributed by atoms with Crippen LogP contribution in [0.2, 0.25) is 0 Å². The molecule has 5 nitrogen and oxygen atoms in total. The Labute approximate surface area is 107 Å². The van der Waals surface area contributed by atoms with E-state index in [4.69, 9.17) is 0 Å². The van der Waals surface area contributed by atoms with Crippen molar-refractivity contribution in [1.29, 1.82) is 0 Å². The number of hydrogen-bond acceptors (Lipinski definition) is 4. The lowest BCUT2D eigenvalue weighted by atomic mass is 9.88. The summed E-state index contributed by atoms with van der Waals surface area (Å²) in [5.74, 6) is 0.774. The second-order valence-electron chi connectivity index (χ2n) is 5.32. The maximum atomic E-state index is 4.55. The summed E-state index contributed by atoms with van der Waals surface area (Å²) in [5.41, 5.74) is 2.88. The largest absolute Gasteiger partial charge is 0.371 e. The van der Waals surface area contributed by atoms with Gasteiger partial charge in [0.05, 0.1) is 5.69 Å². The standard InChI is InChI=1S/C13H19N5/c1-13(2,3)11-9(8-18(5)17-11)10-12(14-4)16-7-6-15-10/h6-8H,1-5H3,(H,14,16). The molecule has 96 valence electrons. The molecule has 0 bridgehead atoms. The first-order chi connectivity index (χ1) is 8.43. The van der Waals surface area contributed by atoms with Crippen LogP contribution in [0, 0.1) is 0 Å². The van der Waals surface area contributed by atoms with Crippen molar-refractivity contribution in [3.63, 3.8) is 0 Å². The van der Waals surface area contributed by atoms with Gasteiger partial charge < -0.3 is 5.32 Å². The fourth-order valence-electron chi connectivity index (χ4n) is 1.93. The van der Waals surface area contributed by atoms with Crippen molar-refractivity contribution in [3.8, 4) is 11.3 Å². The minimum atomic E-state index is -0.0286. The molecule has 2 aromatic rings. The Morgan fingerprint density at radius 1 is 1.17 bits per heavy atom. The Hall–Kier alpha value is -1.91. The lowest BCUT2D eigenvalue weighted by molar-refractivity contribution is 0.554. The van der Waals surface area contributed by atoms with Crippen LogP contribution in [-0.4, -0.2) is 26.8 Å². The predicted octanol–water partition coefficient (Wildman–Crippen LogP) is 2.22. The average Bonchev–Trinajstić information content (AvgIpc) is 2.71. The highest BCUT2D eigenvalue weighted by molar-refractivity contribution is 5.73. The Morgan fingerprint density at radius 3 is 2.44 bits per heavy atom. The topological polar surface area (TPSA) is 55.6 Å². The van der Waals surface area contributed by atoms with Crippen molar-refractivity contribution in [2.24, 2.45) is 7.05 Å². The second-order valence-corrected chi connectivity index (χ2v) is 5.32. The number of aromatic nitrogens is 4. The van der Waals surface area contributed by atoms with Crippen LogP contribution < -0.4 is 5.32 Å². The summed E-state index contributed by atoms with van der Waals surface area (Å²) in [6, 6.07) is 0. The Bertz CT molecular complexity index is 551. The van der Waals surface area contributed by atoms with Crippen LogP contribution in [0.1, 0.15) is 26.5 Å². The molecular formula is C13H19N5. The molecule has 0 amide bonds. The van der Waals surface area contributed by atoms with E-state index < -0.39 is 0 Å². The molecule has 0 atom stereocenters. The molecule has 0 saturated carbocycles. The van der Waals surface area contributed by atoms with Gasteiger partial charge in [-0.3, -0.25) is 9.67 Å². The Morgan fingerprint density at radius 2 is 1.83 bits per heavy atom. The normalized spacial score (nSPS) is 11.6. The van der Waals surface area contributed by atoms with E-state index in [-0.39, 0.29) is 5.41 Å². The van der Waals surface area contributed by atoms with Crippen molar-refractivity contribution >= 4 is 5.82 Å². The molecule has 0 saturated heterocycles. The smallest absolute Gasteiger partial charge is 0.152 e. The number of anilines is 1. The number of nitrogens with one attached hydrogen (secondary N) is 1. The highest BCUT2D eigenvalue weighted by atomic mass is 15.3. The summed E-state index contributed by atoms with van der Waals surface area (Å²) in [6.07, 6.45) is 5.38. The van der Waals surface area contributed by atoms with Crippen LogP contribution in [0.3, 0.4) is 0 Å². The molecule has 2 aromatic heterocycles. The van der Waals surface area contributed by atoms with E-state index >= 15 is 0 Å². The zero-order valence-electron chi connectivity index (χ0n) is 11.5. The van der Waals surface area contributed by atoms with E-state index in [1.54, 1.807) is 12.4 Å². The molecule has 0 spiro atoms. The summed E-state index contributed by atoms with van der Waals surface area (Å²) in [6.45, 7) is 6.44. The summed E-state index contributed by atoms with van der Waals surface area (Å²) >= 11 is 0. The molecule has 0 unspecified atom stereocenters. The van der Waals surface area contributed by atoms with Gasteiger partial charge in [-0.2, -0.15) is 5.10 Å². The van der Waals surface area contributed by atoms with Crippen molar-refractivity contribution < 1.29 is 0 Å². The summed E-state index contributed by atoms with van der Waals surface area (Å²) in [7, 11) is 3.77. The Balaban J connectivity index is 2.64. The number of nitrogens with zero attached hydrogens (tertiary/aromatic N) is 4. The quantitative estimate of drug-likeness (QED) is 0.881. The molecule has 0 fully saturated rings. The first-order valence-electron chi connectivity index (χ1n) is 5.96. The van der Waals surface area contributed by atoms with Gasteiger partial charge in [0.15, 0.2) is 5.82 Å².